The fourth-order valence-corrected chi connectivity index (χ4v) is 6.94. The van der Waals surface area contributed by atoms with E-state index in [9.17, 15) is 0 Å². The molecule has 3 aromatic heterocycles. The Morgan fingerprint density at radius 2 is 1.40 bits per heavy atom. The second-order valence-electron chi connectivity index (χ2n) is 15.6. The van der Waals surface area contributed by atoms with Gasteiger partial charge in [-0.25, -0.2) is 0 Å². The number of rotatable bonds is 3. The molecule has 0 saturated heterocycles. The van der Waals surface area contributed by atoms with Crippen molar-refractivity contribution in [3.05, 3.63) is 144 Å². The molecule has 0 atom stereocenters. The van der Waals surface area contributed by atoms with Crippen LogP contribution in [0.5, 0.6) is 0 Å². The minimum atomic E-state index is 0. The Labute approximate surface area is 310 Å². The molecule has 255 valence electrons. The Morgan fingerprint density at radius 1 is 0.660 bits per heavy atom. The molecule has 0 bridgehead atoms. The van der Waals surface area contributed by atoms with Gasteiger partial charge in [-0.1, -0.05) is 114 Å². The molecule has 1 aliphatic rings. The molecule has 7 aromatic rings. The van der Waals surface area contributed by atoms with Crippen molar-refractivity contribution in [1.82, 2.24) is 9.97 Å². The number of hydrogen-bond acceptors (Lipinski definition) is 3. The predicted molar refractivity (Wildman–Crippen MR) is 204 cm³/mol. The Balaban J connectivity index is 0.000000215. The molecule has 0 N–H and O–H groups in total. The summed E-state index contributed by atoms with van der Waals surface area (Å²) in [5.41, 5.74) is 12.8. The zero-order chi connectivity index (χ0) is 34.4. The summed E-state index contributed by atoms with van der Waals surface area (Å²) in [6.07, 6.45) is 6.20. The zero-order valence-corrected chi connectivity index (χ0v) is 32.4. The van der Waals surface area contributed by atoms with Crippen LogP contribution in [0, 0.1) is 12.1 Å². The van der Waals surface area contributed by atoms with Gasteiger partial charge in [-0.15, -0.1) is 54.1 Å². The molecule has 3 nitrogen and oxygen atoms in total. The summed E-state index contributed by atoms with van der Waals surface area (Å²) in [5, 5.41) is 2.23. The average Bonchev–Trinajstić information content (AvgIpc) is 3.49. The standard InChI is InChI=1S/C31H28NO.C15H16N.Ir/c1-30(2)15-16-31(3,4)26-18-20(12-14-25(26)30)21-11-13-22-23-8-7-9-24(27-10-5-6-17-32-27)29(23)33-28(22)19-21;1-15(2,3)13-9-10-14(16-11-13)12-7-5-4-6-8-12;/h5-8,10-14,17-19H,15-16H2,1-4H3;4-7,9-11H,1-3H3;/q2*-1;. The van der Waals surface area contributed by atoms with Gasteiger partial charge in [0, 0.05) is 37.9 Å². The molecule has 0 fully saturated rings. The summed E-state index contributed by atoms with van der Waals surface area (Å²) in [4.78, 5) is 8.99. The fraction of sp³-hybridized carbons (Fsp3) is 0.261. The molecule has 0 spiro atoms. The predicted octanol–water partition coefficient (Wildman–Crippen LogP) is 12.3. The topological polar surface area (TPSA) is 38.9 Å². The van der Waals surface area contributed by atoms with Crippen LogP contribution < -0.4 is 0 Å². The summed E-state index contributed by atoms with van der Waals surface area (Å²) in [6, 6.07) is 42.2. The van der Waals surface area contributed by atoms with Crippen LogP contribution >= 0.6 is 0 Å². The molecule has 50 heavy (non-hydrogen) atoms. The summed E-state index contributed by atoms with van der Waals surface area (Å²) in [6.45, 7) is 16.1. The smallest absolute Gasteiger partial charge is 0.121 e. The first-order valence-electron chi connectivity index (χ1n) is 17.3. The van der Waals surface area contributed by atoms with E-state index in [1.54, 1.807) is 0 Å². The van der Waals surface area contributed by atoms with E-state index in [4.69, 9.17) is 4.42 Å². The van der Waals surface area contributed by atoms with Crippen molar-refractivity contribution in [3.63, 3.8) is 0 Å². The SMILES string of the molecule is CC(C)(C)c1ccc(-c2[c-]cccc2)nc1.CC1(C)CCC(C)(C)c2cc(-c3ccc4c(c3)oc3c(-c5ccccn5)[c-]ccc34)ccc21.[Ir]. The van der Waals surface area contributed by atoms with E-state index >= 15 is 0 Å². The molecular formula is C46H44IrN2O-2. The van der Waals surface area contributed by atoms with Crippen molar-refractivity contribution in [2.75, 3.05) is 0 Å². The Hall–Kier alpha value is -4.37. The van der Waals surface area contributed by atoms with Gasteiger partial charge in [-0.2, -0.15) is 0 Å². The van der Waals surface area contributed by atoms with E-state index in [0.29, 0.717) is 0 Å². The first kappa shape index (κ1) is 35.5. The van der Waals surface area contributed by atoms with Crippen LogP contribution in [0.3, 0.4) is 0 Å². The second kappa shape index (κ2) is 13.7. The van der Waals surface area contributed by atoms with E-state index in [0.717, 1.165) is 44.5 Å². The number of fused-ring (bicyclic) bond motifs is 4. The molecule has 1 aliphatic carbocycles. The normalized spacial score (nSPS) is 14.7. The van der Waals surface area contributed by atoms with Crippen molar-refractivity contribution in [2.45, 2.75) is 77.6 Å². The summed E-state index contributed by atoms with van der Waals surface area (Å²) in [5.74, 6) is 0. The molecule has 4 aromatic carbocycles. The van der Waals surface area contributed by atoms with Gasteiger partial charge >= 0.3 is 0 Å². The molecule has 8 rings (SSSR count). The number of benzene rings is 4. The molecule has 3 heterocycles. The first-order chi connectivity index (χ1) is 23.4. The molecule has 0 saturated carbocycles. The van der Waals surface area contributed by atoms with Crippen molar-refractivity contribution in [1.29, 1.82) is 0 Å². The quantitative estimate of drug-likeness (QED) is 0.167. The number of furan rings is 1. The van der Waals surface area contributed by atoms with Crippen LogP contribution in [-0.2, 0) is 36.4 Å². The van der Waals surface area contributed by atoms with Gasteiger partial charge in [0.15, 0.2) is 0 Å². The van der Waals surface area contributed by atoms with Gasteiger partial charge < -0.3 is 14.4 Å². The van der Waals surface area contributed by atoms with E-state index in [1.807, 2.05) is 60.9 Å². The van der Waals surface area contributed by atoms with Crippen molar-refractivity contribution >= 4 is 21.9 Å². The van der Waals surface area contributed by atoms with Gasteiger partial charge in [-0.05, 0) is 80.4 Å². The summed E-state index contributed by atoms with van der Waals surface area (Å²) < 4.78 is 6.42. The van der Waals surface area contributed by atoms with Crippen LogP contribution in [0.2, 0.25) is 0 Å². The maximum Gasteiger partial charge on any atom is 0.121 e. The van der Waals surface area contributed by atoms with Crippen LogP contribution in [0.4, 0.5) is 0 Å². The van der Waals surface area contributed by atoms with Gasteiger partial charge in [0.1, 0.15) is 5.58 Å². The molecule has 4 heteroatoms. The van der Waals surface area contributed by atoms with Crippen molar-refractivity contribution < 1.29 is 24.5 Å². The monoisotopic (exact) mass is 833 g/mol. The molecule has 0 amide bonds. The van der Waals surface area contributed by atoms with Gasteiger partial charge in [0.2, 0.25) is 0 Å². The van der Waals surface area contributed by atoms with Crippen LogP contribution in [-0.4, -0.2) is 9.97 Å². The van der Waals surface area contributed by atoms with Crippen LogP contribution in [0.15, 0.2) is 120 Å². The number of pyridine rings is 2. The number of aromatic nitrogens is 2. The fourth-order valence-electron chi connectivity index (χ4n) is 6.94. The van der Waals surface area contributed by atoms with Crippen molar-refractivity contribution in [3.8, 4) is 33.6 Å². The molecule has 0 aliphatic heterocycles. The third-order valence-electron chi connectivity index (χ3n) is 10.2. The minimum Gasteiger partial charge on any atom is -0.501 e. The summed E-state index contributed by atoms with van der Waals surface area (Å²) in [7, 11) is 0. The maximum atomic E-state index is 6.42. The third-order valence-corrected chi connectivity index (χ3v) is 10.2. The molecule has 1 radical (unpaired) electrons. The summed E-state index contributed by atoms with van der Waals surface area (Å²) >= 11 is 0. The third kappa shape index (κ3) is 6.97. The molecule has 0 unspecified atom stereocenters. The van der Waals surface area contributed by atoms with Crippen molar-refractivity contribution in [2.24, 2.45) is 0 Å². The zero-order valence-electron chi connectivity index (χ0n) is 30.0. The van der Waals surface area contributed by atoms with Gasteiger partial charge in [0.05, 0.1) is 5.58 Å². The Morgan fingerprint density at radius 3 is 2.08 bits per heavy atom. The first-order valence-corrected chi connectivity index (χ1v) is 17.3. The van der Waals surface area contributed by atoms with E-state index in [-0.39, 0.29) is 36.4 Å². The Bertz CT molecular complexity index is 2240. The Kier molecular flexibility index (Phi) is 9.74. The minimum absolute atomic E-state index is 0. The largest absolute Gasteiger partial charge is 0.501 e. The number of hydrogen-bond donors (Lipinski definition) is 0. The number of nitrogens with zero attached hydrogens (tertiary/aromatic N) is 2. The van der Waals surface area contributed by atoms with Crippen LogP contribution in [0.1, 0.15) is 78.0 Å². The van der Waals surface area contributed by atoms with Gasteiger partial charge in [-0.3, -0.25) is 0 Å². The average molecular weight is 833 g/mol. The van der Waals surface area contributed by atoms with Crippen LogP contribution in [0.25, 0.3) is 55.6 Å². The van der Waals surface area contributed by atoms with E-state index < -0.39 is 0 Å². The molecular weight excluding hydrogens is 789 g/mol. The van der Waals surface area contributed by atoms with E-state index in [1.165, 1.54) is 40.7 Å². The second-order valence-corrected chi connectivity index (χ2v) is 15.6. The van der Waals surface area contributed by atoms with Gasteiger partial charge in [0.25, 0.3) is 0 Å². The maximum absolute atomic E-state index is 6.42. The van der Waals surface area contributed by atoms with E-state index in [2.05, 4.69) is 125 Å².